The lowest BCUT2D eigenvalue weighted by molar-refractivity contribution is -0.384. The number of hydrogen-bond acceptors (Lipinski definition) is 6. The van der Waals surface area contributed by atoms with Crippen LogP contribution in [-0.2, 0) is 9.84 Å². The number of carboxylic acid groups (broad SMARTS) is 1. The van der Waals surface area contributed by atoms with E-state index in [0.29, 0.717) is 6.42 Å². The number of hydrogen-bond donors (Lipinski definition) is 2. The van der Waals surface area contributed by atoms with Crippen molar-refractivity contribution in [3.8, 4) is 0 Å². The SMILES string of the molecule is O=C(O)c1ccc(NC2CCS(=O)(=O)C2)c([N+](=O)[O-])c1. The Hall–Kier alpha value is -2.16. The molecule has 0 aromatic heterocycles. The summed E-state index contributed by atoms with van der Waals surface area (Å²) < 4.78 is 22.7. The van der Waals surface area contributed by atoms with Crippen LogP contribution in [0.15, 0.2) is 18.2 Å². The van der Waals surface area contributed by atoms with Gasteiger partial charge in [-0.15, -0.1) is 0 Å². The molecule has 108 valence electrons. The smallest absolute Gasteiger partial charge is 0.335 e. The highest BCUT2D eigenvalue weighted by atomic mass is 32.2. The Morgan fingerprint density at radius 1 is 1.45 bits per heavy atom. The fourth-order valence-corrected chi connectivity index (χ4v) is 3.74. The van der Waals surface area contributed by atoms with Gasteiger partial charge >= 0.3 is 5.97 Å². The molecule has 1 fully saturated rings. The fourth-order valence-electron chi connectivity index (χ4n) is 2.07. The first-order chi connectivity index (χ1) is 9.28. The normalized spacial score (nSPS) is 20.5. The summed E-state index contributed by atoms with van der Waals surface area (Å²) in [5, 5.41) is 22.6. The quantitative estimate of drug-likeness (QED) is 0.624. The van der Waals surface area contributed by atoms with Crippen LogP contribution in [0.3, 0.4) is 0 Å². The zero-order chi connectivity index (χ0) is 14.9. The summed E-state index contributed by atoms with van der Waals surface area (Å²) >= 11 is 0. The molecule has 0 bridgehead atoms. The number of rotatable bonds is 4. The Bertz CT molecular complexity index is 669. The van der Waals surface area contributed by atoms with Gasteiger partial charge in [0, 0.05) is 12.1 Å². The molecule has 20 heavy (non-hydrogen) atoms. The average Bonchev–Trinajstić information content (AvgIpc) is 2.68. The van der Waals surface area contributed by atoms with E-state index in [0.717, 1.165) is 6.07 Å². The number of carboxylic acids is 1. The number of carbonyl (C=O) groups is 1. The van der Waals surface area contributed by atoms with Crippen molar-refractivity contribution in [1.29, 1.82) is 0 Å². The highest BCUT2D eigenvalue weighted by Crippen LogP contribution is 2.28. The molecule has 1 saturated heterocycles. The molecule has 0 aliphatic carbocycles. The van der Waals surface area contributed by atoms with Crippen molar-refractivity contribution in [2.45, 2.75) is 12.5 Å². The molecule has 1 aromatic carbocycles. The lowest BCUT2D eigenvalue weighted by Crippen LogP contribution is -2.21. The summed E-state index contributed by atoms with van der Waals surface area (Å²) in [6.07, 6.45) is 0.375. The molecule has 1 aliphatic heterocycles. The van der Waals surface area contributed by atoms with Crippen molar-refractivity contribution < 1.29 is 23.2 Å². The molecule has 1 heterocycles. The van der Waals surface area contributed by atoms with Crippen LogP contribution < -0.4 is 5.32 Å². The Morgan fingerprint density at radius 3 is 2.65 bits per heavy atom. The van der Waals surface area contributed by atoms with Crippen LogP contribution >= 0.6 is 0 Å². The van der Waals surface area contributed by atoms with Crippen LogP contribution in [0, 0.1) is 10.1 Å². The van der Waals surface area contributed by atoms with E-state index in [4.69, 9.17) is 5.11 Å². The molecule has 0 saturated carbocycles. The molecule has 8 nitrogen and oxygen atoms in total. The number of aromatic carboxylic acids is 1. The van der Waals surface area contributed by atoms with E-state index < -0.39 is 26.8 Å². The van der Waals surface area contributed by atoms with Crippen molar-refractivity contribution in [2.24, 2.45) is 0 Å². The second-order valence-corrected chi connectivity index (χ2v) is 6.77. The van der Waals surface area contributed by atoms with Gasteiger partial charge in [0.25, 0.3) is 5.69 Å². The summed E-state index contributed by atoms with van der Waals surface area (Å²) in [5.74, 6) is -1.29. The zero-order valence-electron chi connectivity index (χ0n) is 10.3. The minimum absolute atomic E-state index is 0.0473. The van der Waals surface area contributed by atoms with E-state index in [1.807, 2.05) is 0 Å². The third-order valence-electron chi connectivity index (χ3n) is 3.03. The first-order valence-electron chi connectivity index (χ1n) is 5.77. The molecule has 2 rings (SSSR count). The second-order valence-electron chi connectivity index (χ2n) is 4.54. The van der Waals surface area contributed by atoms with Crippen molar-refractivity contribution in [2.75, 3.05) is 16.8 Å². The van der Waals surface area contributed by atoms with E-state index in [1.54, 1.807) is 0 Å². The fraction of sp³-hybridized carbons (Fsp3) is 0.364. The summed E-state index contributed by atoms with van der Waals surface area (Å²) in [6, 6.07) is 3.08. The highest BCUT2D eigenvalue weighted by Gasteiger charge is 2.29. The third kappa shape index (κ3) is 3.05. The van der Waals surface area contributed by atoms with Crippen molar-refractivity contribution >= 4 is 27.2 Å². The topological polar surface area (TPSA) is 127 Å². The van der Waals surface area contributed by atoms with Crippen LogP contribution in [0.5, 0.6) is 0 Å². The maximum absolute atomic E-state index is 11.3. The molecule has 2 N–H and O–H groups in total. The number of nitro groups is 1. The lowest BCUT2D eigenvalue weighted by atomic mass is 10.1. The lowest BCUT2D eigenvalue weighted by Gasteiger charge is -2.12. The molecule has 1 aliphatic rings. The number of nitrogens with zero attached hydrogens (tertiary/aromatic N) is 1. The van der Waals surface area contributed by atoms with Crippen LogP contribution in [-0.4, -0.2) is 42.0 Å². The largest absolute Gasteiger partial charge is 0.478 e. The monoisotopic (exact) mass is 300 g/mol. The van der Waals surface area contributed by atoms with Gasteiger partial charge in [0.15, 0.2) is 9.84 Å². The number of anilines is 1. The molecule has 0 radical (unpaired) electrons. The van der Waals surface area contributed by atoms with Crippen molar-refractivity contribution in [3.63, 3.8) is 0 Å². The molecular formula is C11H12N2O6S. The van der Waals surface area contributed by atoms with E-state index in [1.165, 1.54) is 12.1 Å². The summed E-state index contributed by atoms with van der Waals surface area (Å²) in [4.78, 5) is 21.1. The summed E-state index contributed by atoms with van der Waals surface area (Å²) in [6.45, 7) is 0. The standard InChI is InChI=1S/C11H12N2O6S/c14-11(15)7-1-2-9(10(5-7)13(16)17)12-8-3-4-20(18,19)6-8/h1-2,5,8,12H,3-4,6H2,(H,14,15). The Labute approximate surface area is 114 Å². The Kier molecular flexibility index (Phi) is 3.62. The predicted molar refractivity (Wildman–Crippen MR) is 70.7 cm³/mol. The number of sulfone groups is 1. The highest BCUT2D eigenvalue weighted by molar-refractivity contribution is 7.91. The van der Waals surface area contributed by atoms with Crippen LogP contribution in [0.4, 0.5) is 11.4 Å². The summed E-state index contributed by atoms with van der Waals surface area (Å²) in [7, 11) is -3.10. The molecule has 1 unspecified atom stereocenters. The second kappa shape index (κ2) is 5.08. The molecule has 0 spiro atoms. The summed E-state index contributed by atoms with van der Waals surface area (Å²) in [5.41, 5.74) is -0.447. The molecule has 9 heteroatoms. The molecular weight excluding hydrogens is 288 g/mol. The van der Waals surface area contributed by atoms with Gasteiger partial charge in [0.2, 0.25) is 0 Å². The first kappa shape index (κ1) is 14.3. The number of benzene rings is 1. The minimum Gasteiger partial charge on any atom is -0.478 e. The van der Waals surface area contributed by atoms with Crippen LogP contribution in [0.1, 0.15) is 16.8 Å². The molecule has 1 atom stereocenters. The van der Waals surface area contributed by atoms with Gasteiger partial charge < -0.3 is 10.4 Å². The van der Waals surface area contributed by atoms with Crippen LogP contribution in [0.2, 0.25) is 0 Å². The average molecular weight is 300 g/mol. The van der Waals surface area contributed by atoms with E-state index in [2.05, 4.69) is 5.32 Å². The van der Waals surface area contributed by atoms with E-state index in [9.17, 15) is 23.3 Å². The molecule has 1 aromatic rings. The predicted octanol–water partition coefficient (Wildman–Crippen LogP) is 0.892. The van der Waals surface area contributed by atoms with Gasteiger partial charge in [-0.25, -0.2) is 13.2 Å². The van der Waals surface area contributed by atoms with Gasteiger partial charge in [-0.3, -0.25) is 10.1 Å². The minimum atomic E-state index is -3.10. The van der Waals surface area contributed by atoms with Gasteiger partial charge in [-0.1, -0.05) is 0 Å². The number of nitrogens with one attached hydrogen (secondary N) is 1. The van der Waals surface area contributed by atoms with Gasteiger partial charge in [-0.2, -0.15) is 0 Å². The van der Waals surface area contributed by atoms with Gasteiger partial charge in [-0.05, 0) is 18.6 Å². The maximum Gasteiger partial charge on any atom is 0.335 e. The zero-order valence-corrected chi connectivity index (χ0v) is 11.1. The Balaban J connectivity index is 2.28. The maximum atomic E-state index is 11.3. The van der Waals surface area contributed by atoms with Crippen molar-refractivity contribution in [3.05, 3.63) is 33.9 Å². The number of nitro benzene ring substituents is 1. The van der Waals surface area contributed by atoms with Crippen LogP contribution in [0.25, 0.3) is 0 Å². The van der Waals surface area contributed by atoms with Gasteiger partial charge in [0.05, 0.1) is 22.0 Å². The first-order valence-corrected chi connectivity index (χ1v) is 7.59. The van der Waals surface area contributed by atoms with Crippen molar-refractivity contribution in [1.82, 2.24) is 0 Å². The van der Waals surface area contributed by atoms with Gasteiger partial charge in [0.1, 0.15) is 5.69 Å². The van der Waals surface area contributed by atoms with E-state index in [-0.39, 0.29) is 28.4 Å². The molecule has 0 amide bonds. The third-order valence-corrected chi connectivity index (χ3v) is 4.80. The Morgan fingerprint density at radius 2 is 2.15 bits per heavy atom. The van der Waals surface area contributed by atoms with E-state index >= 15 is 0 Å².